The number of rotatable bonds is 6. The minimum Gasteiger partial charge on any atom is -0.340 e. The molecule has 136 valence electrons. The lowest BCUT2D eigenvalue weighted by Gasteiger charge is -2.22. The molecule has 0 N–H and O–H groups in total. The smallest absolute Gasteiger partial charge is 0.243 e. The van der Waals surface area contributed by atoms with Gasteiger partial charge in [0.05, 0.1) is 23.1 Å². The number of carbonyl (C=O) groups is 1. The van der Waals surface area contributed by atoms with Gasteiger partial charge in [-0.2, -0.15) is 9.57 Å². The van der Waals surface area contributed by atoms with Gasteiger partial charge in [-0.3, -0.25) is 4.79 Å². The molecule has 0 saturated heterocycles. The standard InChI is InChI=1S/C18H18FN3O3S/c1-21(12-15-5-3-4-6-17(15)19)18(23)13-22(2)26(24,25)16-9-7-14(11-20)8-10-16/h3-10H,12-13H2,1-2H3. The van der Waals surface area contributed by atoms with Crippen molar-refractivity contribution in [3.05, 3.63) is 65.5 Å². The van der Waals surface area contributed by atoms with Crippen molar-refractivity contribution in [2.45, 2.75) is 11.4 Å². The van der Waals surface area contributed by atoms with Crippen LogP contribution < -0.4 is 0 Å². The number of hydrogen-bond acceptors (Lipinski definition) is 4. The third-order valence-electron chi connectivity index (χ3n) is 3.84. The molecule has 0 aliphatic rings. The van der Waals surface area contributed by atoms with Gasteiger partial charge in [0, 0.05) is 26.2 Å². The summed E-state index contributed by atoms with van der Waals surface area (Å²) in [4.78, 5) is 13.6. The van der Waals surface area contributed by atoms with Crippen molar-refractivity contribution >= 4 is 15.9 Å². The molecule has 0 unspecified atom stereocenters. The Morgan fingerprint density at radius 3 is 2.31 bits per heavy atom. The van der Waals surface area contributed by atoms with E-state index in [2.05, 4.69) is 0 Å². The van der Waals surface area contributed by atoms with E-state index in [0.29, 0.717) is 11.1 Å². The molecule has 0 heterocycles. The Bertz CT molecular complexity index is 937. The highest BCUT2D eigenvalue weighted by atomic mass is 32.2. The number of nitrogens with zero attached hydrogens (tertiary/aromatic N) is 3. The molecule has 26 heavy (non-hydrogen) atoms. The van der Waals surface area contributed by atoms with Gasteiger partial charge in [0.25, 0.3) is 0 Å². The van der Waals surface area contributed by atoms with E-state index in [0.717, 1.165) is 4.31 Å². The van der Waals surface area contributed by atoms with Gasteiger partial charge in [-0.25, -0.2) is 12.8 Å². The zero-order valence-electron chi connectivity index (χ0n) is 14.4. The van der Waals surface area contributed by atoms with E-state index in [4.69, 9.17) is 5.26 Å². The van der Waals surface area contributed by atoms with E-state index in [1.54, 1.807) is 18.2 Å². The average Bonchev–Trinajstić information content (AvgIpc) is 2.63. The second kappa shape index (κ2) is 8.08. The Kier molecular flexibility index (Phi) is 6.08. The van der Waals surface area contributed by atoms with E-state index in [9.17, 15) is 17.6 Å². The lowest BCUT2D eigenvalue weighted by atomic mass is 10.2. The van der Waals surface area contributed by atoms with Crippen LogP contribution in [0.2, 0.25) is 0 Å². The maximum Gasteiger partial charge on any atom is 0.243 e. The molecule has 0 atom stereocenters. The minimum atomic E-state index is -3.87. The molecule has 2 rings (SSSR count). The van der Waals surface area contributed by atoms with Crippen molar-refractivity contribution in [3.63, 3.8) is 0 Å². The van der Waals surface area contributed by atoms with Crippen LogP contribution in [0, 0.1) is 17.1 Å². The Balaban J connectivity index is 2.07. The van der Waals surface area contributed by atoms with Gasteiger partial charge in [-0.05, 0) is 30.3 Å². The van der Waals surface area contributed by atoms with E-state index in [1.807, 2.05) is 6.07 Å². The van der Waals surface area contributed by atoms with Crippen molar-refractivity contribution < 1.29 is 17.6 Å². The summed E-state index contributed by atoms with van der Waals surface area (Å²) < 4.78 is 39.6. The van der Waals surface area contributed by atoms with Crippen LogP contribution in [0.4, 0.5) is 4.39 Å². The summed E-state index contributed by atoms with van der Waals surface area (Å²) in [6.45, 7) is -0.344. The fourth-order valence-electron chi connectivity index (χ4n) is 2.25. The van der Waals surface area contributed by atoms with E-state index in [1.165, 1.54) is 49.3 Å². The van der Waals surface area contributed by atoms with Crippen LogP contribution in [0.15, 0.2) is 53.4 Å². The first-order valence-electron chi connectivity index (χ1n) is 7.69. The SMILES string of the molecule is CN(Cc1ccccc1F)C(=O)CN(C)S(=O)(=O)c1ccc(C#N)cc1. The summed E-state index contributed by atoms with van der Waals surface area (Å²) in [6.07, 6.45) is 0. The predicted molar refractivity (Wildman–Crippen MR) is 93.8 cm³/mol. The summed E-state index contributed by atoms with van der Waals surface area (Å²) in [5.41, 5.74) is 0.688. The molecule has 0 spiro atoms. The Morgan fingerprint density at radius 1 is 1.12 bits per heavy atom. The maximum atomic E-state index is 13.7. The van der Waals surface area contributed by atoms with Crippen LogP contribution in [0.25, 0.3) is 0 Å². The molecule has 2 aromatic carbocycles. The molecular weight excluding hydrogens is 357 g/mol. The van der Waals surface area contributed by atoms with E-state index in [-0.39, 0.29) is 18.0 Å². The summed E-state index contributed by atoms with van der Waals surface area (Å²) in [6, 6.07) is 13.4. The predicted octanol–water partition coefficient (Wildman–Crippen LogP) is 1.98. The Labute approximate surface area is 152 Å². The van der Waals surface area contributed by atoms with E-state index < -0.39 is 21.7 Å². The van der Waals surface area contributed by atoms with Crippen LogP contribution >= 0.6 is 0 Å². The first-order valence-corrected chi connectivity index (χ1v) is 9.13. The number of amides is 1. The maximum absolute atomic E-state index is 13.7. The molecular formula is C18H18FN3O3S. The molecule has 0 radical (unpaired) electrons. The second-order valence-electron chi connectivity index (χ2n) is 5.74. The van der Waals surface area contributed by atoms with Crippen LogP contribution in [-0.4, -0.2) is 44.2 Å². The van der Waals surface area contributed by atoms with Crippen LogP contribution in [0.1, 0.15) is 11.1 Å². The lowest BCUT2D eigenvalue weighted by Crippen LogP contribution is -2.39. The summed E-state index contributed by atoms with van der Waals surface area (Å²) in [5, 5.41) is 8.77. The molecule has 8 heteroatoms. The molecule has 2 aromatic rings. The number of nitriles is 1. The van der Waals surface area contributed by atoms with Crippen molar-refractivity contribution in [1.82, 2.24) is 9.21 Å². The first kappa shape index (κ1) is 19.6. The molecule has 0 fully saturated rings. The number of likely N-dealkylation sites (N-methyl/N-ethyl adjacent to an activating group) is 2. The van der Waals surface area contributed by atoms with Gasteiger partial charge in [0.1, 0.15) is 5.82 Å². The monoisotopic (exact) mass is 375 g/mol. The van der Waals surface area contributed by atoms with Crippen LogP contribution in [0.5, 0.6) is 0 Å². The highest BCUT2D eigenvalue weighted by Gasteiger charge is 2.24. The van der Waals surface area contributed by atoms with Gasteiger partial charge in [-0.1, -0.05) is 18.2 Å². The minimum absolute atomic E-state index is 0.0106. The number of sulfonamides is 1. The summed E-state index contributed by atoms with van der Waals surface area (Å²) in [7, 11) is -1.09. The average molecular weight is 375 g/mol. The van der Waals surface area contributed by atoms with Crippen molar-refractivity contribution in [2.75, 3.05) is 20.6 Å². The molecule has 0 saturated carbocycles. The van der Waals surface area contributed by atoms with Gasteiger partial charge >= 0.3 is 0 Å². The van der Waals surface area contributed by atoms with Gasteiger partial charge in [-0.15, -0.1) is 0 Å². The third kappa shape index (κ3) is 4.45. The second-order valence-corrected chi connectivity index (χ2v) is 7.78. The first-order chi connectivity index (χ1) is 12.3. The lowest BCUT2D eigenvalue weighted by molar-refractivity contribution is -0.130. The van der Waals surface area contributed by atoms with Crippen molar-refractivity contribution in [3.8, 4) is 6.07 Å². The number of carbonyl (C=O) groups excluding carboxylic acids is 1. The van der Waals surface area contributed by atoms with Crippen LogP contribution in [-0.2, 0) is 21.4 Å². The van der Waals surface area contributed by atoms with Crippen LogP contribution in [0.3, 0.4) is 0 Å². The zero-order chi connectivity index (χ0) is 19.3. The number of hydrogen-bond donors (Lipinski definition) is 0. The fraction of sp³-hybridized carbons (Fsp3) is 0.222. The highest BCUT2D eigenvalue weighted by Crippen LogP contribution is 2.15. The molecule has 0 aromatic heterocycles. The molecule has 0 bridgehead atoms. The van der Waals surface area contributed by atoms with Crippen molar-refractivity contribution in [2.24, 2.45) is 0 Å². The summed E-state index contributed by atoms with van der Waals surface area (Å²) in [5.74, 6) is -0.890. The fourth-order valence-corrected chi connectivity index (χ4v) is 3.37. The Morgan fingerprint density at radius 2 is 1.73 bits per heavy atom. The molecule has 1 amide bonds. The van der Waals surface area contributed by atoms with Crippen molar-refractivity contribution in [1.29, 1.82) is 5.26 Å². The molecule has 0 aliphatic carbocycles. The molecule has 0 aliphatic heterocycles. The number of halogens is 1. The van der Waals surface area contributed by atoms with Gasteiger partial charge in [0.15, 0.2) is 0 Å². The van der Waals surface area contributed by atoms with Gasteiger partial charge < -0.3 is 4.90 Å². The number of benzene rings is 2. The topological polar surface area (TPSA) is 81.5 Å². The largest absolute Gasteiger partial charge is 0.340 e. The highest BCUT2D eigenvalue weighted by molar-refractivity contribution is 7.89. The quantitative estimate of drug-likeness (QED) is 0.773. The van der Waals surface area contributed by atoms with E-state index >= 15 is 0 Å². The Hall–Kier alpha value is -2.76. The van der Waals surface area contributed by atoms with Gasteiger partial charge in [0.2, 0.25) is 15.9 Å². The normalized spacial score (nSPS) is 11.2. The summed E-state index contributed by atoms with van der Waals surface area (Å²) >= 11 is 0. The zero-order valence-corrected chi connectivity index (χ0v) is 15.2. The third-order valence-corrected chi connectivity index (χ3v) is 5.66. The molecule has 6 nitrogen and oxygen atoms in total.